The van der Waals surface area contributed by atoms with Crippen molar-refractivity contribution < 1.29 is 5.11 Å². The summed E-state index contributed by atoms with van der Waals surface area (Å²) in [5, 5.41) is 23.7. The Morgan fingerprint density at radius 2 is 1.86 bits per heavy atom. The summed E-state index contributed by atoms with van der Waals surface area (Å²) in [5.41, 5.74) is 4.50. The summed E-state index contributed by atoms with van der Waals surface area (Å²) >= 11 is 1.57. The Hall–Kier alpha value is -2.64. The van der Waals surface area contributed by atoms with Gasteiger partial charge in [0, 0.05) is 11.4 Å². The second-order valence-electron chi connectivity index (χ2n) is 7.97. The number of fused-ring (bicyclic) bond motifs is 3. The molecule has 1 atom stereocenters. The van der Waals surface area contributed by atoms with Gasteiger partial charge in [-0.25, -0.2) is 9.97 Å². The lowest BCUT2D eigenvalue weighted by atomic mass is 9.75. The minimum Gasteiger partial charge on any atom is -0.385 e. The fourth-order valence-corrected chi connectivity index (χ4v) is 5.04. The molecule has 1 fully saturated rings. The quantitative estimate of drug-likeness (QED) is 0.508. The third-order valence-electron chi connectivity index (χ3n) is 6.14. The van der Waals surface area contributed by atoms with Crippen LogP contribution in [0.15, 0.2) is 30.6 Å². The van der Waals surface area contributed by atoms with Crippen LogP contribution in [-0.4, -0.2) is 25.3 Å². The molecule has 3 aromatic heterocycles. The van der Waals surface area contributed by atoms with Gasteiger partial charge in [0.1, 0.15) is 17.0 Å². The maximum atomic E-state index is 10.5. The Kier molecular flexibility index (Phi) is 4.26. The molecule has 0 bridgehead atoms. The zero-order chi connectivity index (χ0) is 20.2. The van der Waals surface area contributed by atoms with Crippen LogP contribution in [0.2, 0.25) is 0 Å². The molecule has 1 aliphatic rings. The van der Waals surface area contributed by atoms with Crippen LogP contribution in [0, 0.1) is 13.8 Å². The monoisotopic (exact) mass is 405 g/mol. The van der Waals surface area contributed by atoms with Crippen molar-refractivity contribution in [2.24, 2.45) is 0 Å². The number of nitrogens with one attached hydrogen (secondary N) is 1. The minimum atomic E-state index is -0.623. The molecule has 3 heterocycles. The van der Waals surface area contributed by atoms with E-state index in [2.05, 4.69) is 51.5 Å². The highest BCUT2D eigenvalue weighted by molar-refractivity contribution is 7.25. The Labute approximate surface area is 173 Å². The SMILES string of the molecule is Cc1nnc2sc3c(NC(C)c4ccc(C5(O)CCC5)cc4)ncnc3c2c1C. The molecular formula is C22H23N5OS. The van der Waals surface area contributed by atoms with Gasteiger partial charge in [0.2, 0.25) is 0 Å². The van der Waals surface area contributed by atoms with Gasteiger partial charge in [0.15, 0.2) is 0 Å². The highest BCUT2D eigenvalue weighted by atomic mass is 32.1. The molecule has 5 rings (SSSR count). The van der Waals surface area contributed by atoms with Crippen LogP contribution in [0.1, 0.15) is 54.6 Å². The number of anilines is 1. The van der Waals surface area contributed by atoms with Crippen molar-refractivity contribution >= 4 is 37.6 Å². The van der Waals surface area contributed by atoms with Crippen molar-refractivity contribution in [3.05, 3.63) is 53.0 Å². The first-order valence-corrected chi connectivity index (χ1v) is 10.7. The van der Waals surface area contributed by atoms with Crippen molar-refractivity contribution in [3.63, 3.8) is 0 Å². The summed E-state index contributed by atoms with van der Waals surface area (Å²) in [5.74, 6) is 0.809. The van der Waals surface area contributed by atoms with E-state index in [1.807, 2.05) is 19.1 Å². The largest absolute Gasteiger partial charge is 0.385 e. The van der Waals surface area contributed by atoms with E-state index in [4.69, 9.17) is 0 Å². The van der Waals surface area contributed by atoms with Crippen LogP contribution >= 0.6 is 11.3 Å². The average molecular weight is 406 g/mol. The Bertz CT molecular complexity index is 1210. The molecule has 1 saturated carbocycles. The van der Waals surface area contributed by atoms with E-state index in [9.17, 15) is 5.11 Å². The molecular weight excluding hydrogens is 382 g/mol. The summed E-state index contributed by atoms with van der Waals surface area (Å²) in [7, 11) is 0. The van der Waals surface area contributed by atoms with Gasteiger partial charge >= 0.3 is 0 Å². The number of thiophene rings is 1. The Morgan fingerprint density at radius 3 is 2.55 bits per heavy atom. The highest BCUT2D eigenvalue weighted by Gasteiger charge is 2.36. The van der Waals surface area contributed by atoms with Crippen molar-refractivity contribution in [2.75, 3.05) is 5.32 Å². The zero-order valence-electron chi connectivity index (χ0n) is 16.7. The lowest BCUT2D eigenvalue weighted by molar-refractivity contribution is -0.0388. The molecule has 1 aliphatic carbocycles. The number of rotatable bonds is 4. The van der Waals surface area contributed by atoms with Crippen LogP contribution in [-0.2, 0) is 5.60 Å². The van der Waals surface area contributed by atoms with Gasteiger partial charge in [-0.1, -0.05) is 24.3 Å². The van der Waals surface area contributed by atoms with E-state index in [0.29, 0.717) is 0 Å². The highest BCUT2D eigenvalue weighted by Crippen LogP contribution is 2.41. The summed E-state index contributed by atoms with van der Waals surface area (Å²) in [6.07, 6.45) is 4.41. The third-order valence-corrected chi connectivity index (χ3v) is 7.21. The predicted molar refractivity (Wildman–Crippen MR) is 116 cm³/mol. The first kappa shape index (κ1) is 18.4. The van der Waals surface area contributed by atoms with Crippen LogP contribution in [0.5, 0.6) is 0 Å². The fourth-order valence-electron chi connectivity index (χ4n) is 3.96. The van der Waals surface area contributed by atoms with Crippen LogP contribution in [0.3, 0.4) is 0 Å². The number of hydrogen-bond donors (Lipinski definition) is 2. The molecule has 6 nitrogen and oxygen atoms in total. The van der Waals surface area contributed by atoms with E-state index in [1.54, 1.807) is 17.7 Å². The second-order valence-corrected chi connectivity index (χ2v) is 8.96. The van der Waals surface area contributed by atoms with Gasteiger partial charge in [-0.3, -0.25) is 0 Å². The number of aliphatic hydroxyl groups is 1. The molecule has 29 heavy (non-hydrogen) atoms. The molecule has 148 valence electrons. The van der Waals surface area contributed by atoms with Crippen molar-refractivity contribution in [2.45, 2.75) is 51.7 Å². The second kappa shape index (κ2) is 6.71. The molecule has 1 aromatic carbocycles. The van der Waals surface area contributed by atoms with Crippen LogP contribution in [0.25, 0.3) is 20.4 Å². The summed E-state index contributed by atoms with van der Waals surface area (Å²) < 4.78 is 0.998. The summed E-state index contributed by atoms with van der Waals surface area (Å²) in [6.45, 7) is 6.15. The number of aromatic nitrogens is 4. The maximum Gasteiger partial charge on any atom is 0.149 e. The van der Waals surface area contributed by atoms with Gasteiger partial charge < -0.3 is 10.4 Å². The number of benzene rings is 1. The average Bonchev–Trinajstić information content (AvgIpc) is 3.09. The minimum absolute atomic E-state index is 0.0670. The smallest absolute Gasteiger partial charge is 0.149 e. The predicted octanol–water partition coefficient (Wildman–Crippen LogP) is 4.80. The topological polar surface area (TPSA) is 83.8 Å². The van der Waals surface area contributed by atoms with E-state index in [1.165, 1.54) is 0 Å². The zero-order valence-corrected chi connectivity index (χ0v) is 17.5. The Morgan fingerprint density at radius 1 is 1.10 bits per heavy atom. The molecule has 2 N–H and O–H groups in total. The lowest BCUT2D eigenvalue weighted by Gasteiger charge is -2.37. The summed E-state index contributed by atoms with van der Waals surface area (Å²) in [6, 6.07) is 8.33. The van der Waals surface area contributed by atoms with E-state index in [0.717, 1.165) is 67.9 Å². The molecule has 0 spiro atoms. The summed E-state index contributed by atoms with van der Waals surface area (Å²) in [4.78, 5) is 9.92. The number of aryl methyl sites for hydroxylation is 2. The molecule has 0 aliphatic heterocycles. The molecule has 0 saturated heterocycles. The molecule has 4 aromatic rings. The molecule has 0 radical (unpaired) electrons. The van der Waals surface area contributed by atoms with Gasteiger partial charge in [-0.05, 0) is 56.7 Å². The van der Waals surface area contributed by atoms with E-state index in [-0.39, 0.29) is 6.04 Å². The normalized spacial score (nSPS) is 16.7. The third kappa shape index (κ3) is 2.96. The van der Waals surface area contributed by atoms with Crippen molar-refractivity contribution in [3.8, 4) is 0 Å². The first-order valence-electron chi connectivity index (χ1n) is 9.93. The van der Waals surface area contributed by atoms with Crippen LogP contribution in [0.4, 0.5) is 5.82 Å². The van der Waals surface area contributed by atoms with Crippen molar-refractivity contribution in [1.82, 2.24) is 20.2 Å². The van der Waals surface area contributed by atoms with E-state index < -0.39 is 5.60 Å². The molecule has 0 amide bonds. The first-order chi connectivity index (χ1) is 14.0. The maximum absolute atomic E-state index is 10.5. The van der Waals surface area contributed by atoms with Crippen molar-refractivity contribution in [1.29, 1.82) is 0 Å². The van der Waals surface area contributed by atoms with Gasteiger partial charge in [0.25, 0.3) is 0 Å². The standard InChI is InChI=1S/C22H23N5OS/c1-12-13(2)26-27-21-17(12)18-19(29-21)20(24-11-23-18)25-14(3)15-5-7-16(8-6-15)22(28)9-4-10-22/h5-8,11,14,28H,4,9-10H2,1-3H3,(H,23,24,25). The van der Waals surface area contributed by atoms with E-state index >= 15 is 0 Å². The van der Waals surface area contributed by atoms with Gasteiger partial charge in [-0.15, -0.1) is 16.4 Å². The molecule has 1 unspecified atom stereocenters. The number of hydrogen-bond acceptors (Lipinski definition) is 7. The van der Waals surface area contributed by atoms with Gasteiger partial charge in [-0.2, -0.15) is 5.10 Å². The molecule has 7 heteroatoms. The number of nitrogens with zero attached hydrogens (tertiary/aromatic N) is 4. The lowest BCUT2D eigenvalue weighted by Crippen LogP contribution is -2.33. The Balaban J connectivity index is 1.47. The van der Waals surface area contributed by atoms with Crippen LogP contribution < -0.4 is 5.32 Å². The fraction of sp³-hybridized carbons (Fsp3) is 0.364. The van der Waals surface area contributed by atoms with Gasteiger partial charge in [0.05, 0.1) is 21.5 Å².